The van der Waals surface area contributed by atoms with Crippen LogP contribution < -0.4 is 9.47 Å². The summed E-state index contributed by atoms with van der Waals surface area (Å²) in [4.78, 5) is 11.2. The number of carboxylic acids is 1. The number of methoxy groups -OCH3 is 2. The molecule has 0 unspecified atom stereocenters. The summed E-state index contributed by atoms with van der Waals surface area (Å²) in [6.07, 6.45) is 1.39. The summed E-state index contributed by atoms with van der Waals surface area (Å²) in [7, 11) is 2.31. The highest BCUT2D eigenvalue weighted by molar-refractivity contribution is 5.95. The van der Waals surface area contributed by atoms with Crippen LogP contribution in [0.15, 0.2) is 0 Å². The highest BCUT2D eigenvalue weighted by Gasteiger charge is 2.37. The van der Waals surface area contributed by atoms with Crippen LogP contribution >= 0.6 is 0 Å². The molecule has 4 nitrogen and oxygen atoms in total. The van der Waals surface area contributed by atoms with E-state index in [2.05, 4.69) is 4.74 Å². The predicted molar refractivity (Wildman–Crippen MR) is 58.4 cm³/mol. The molecule has 0 atom stereocenters. The molecule has 6 heteroatoms. The zero-order valence-electron chi connectivity index (χ0n) is 9.92. The summed E-state index contributed by atoms with van der Waals surface area (Å²) in [6.45, 7) is 0. The Hall–Kier alpha value is -1.85. The minimum absolute atomic E-state index is 0.00630. The SMILES string of the molecule is COc1c(F)c(F)c(C2CC2)c(OC)c1C(=O)O. The van der Waals surface area contributed by atoms with Gasteiger partial charge in [-0.15, -0.1) is 0 Å². The summed E-state index contributed by atoms with van der Waals surface area (Å²) in [6, 6.07) is 0. The van der Waals surface area contributed by atoms with Crippen molar-refractivity contribution in [2.45, 2.75) is 18.8 Å². The van der Waals surface area contributed by atoms with Crippen LogP contribution in [0.4, 0.5) is 8.78 Å². The van der Waals surface area contributed by atoms with E-state index in [0.29, 0.717) is 12.8 Å². The van der Waals surface area contributed by atoms with Crippen LogP contribution in [0.5, 0.6) is 11.5 Å². The number of hydrogen-bond donors (Lipinski definition) is 1. The average Bonchev–Trinajstić information content (AvgIpc) is 3.15. The molecule has 1 aromatic carbocycles. The Bertz CT molecular complexity index is 510. The molecule has 0 heterocycles. The monoisotopic (exact) mass is 258 g/mol. The lowest BCUT2D eigenvalue weighted by Crippen LogP contribution is -2.10. The molecule has 18 heavy (non-hydrogen) atoms. The Morgan fingerprint density at radius 3 is 2.11 bits per heavy atom. The molecular weight excluding hydrogens is 246 g/mol. The minimum atomic E-state index is -1.41. The fourth-order valence-electron chi connectivity index (χ4n) is 2.00. The Labute approximate surface area is 102 Å². The molecule has 0 saturated heterocycles. The Morgan fingerprint density at radius 1 is 1.17 bits per heavy atom. The van der Waals surface area contributed by atoms with Gasteiger partial charge in [-0.1, -0.05) is 0 Å². The lowest BCUT2D eigenvalue weighted by Gasteiger charge is -2.16. The van der Waals surface area contributed by atoms with Crippen molar-refractivity contribution in [1.29, 1.82) is 0 Å². The molecule has 0 radical (unpaired) electrons. The second-order valence-corrected chi connectivity index (χ2v) is 4.06. The number of aromatic carboxylic acids is 1. The van der Waals surface area contributed by atoms with Gasteiger partial charge in [0.05, 0.1) is 14.2 Å². The summed E-state index contributed by atoms with van der Waals surface area (Å²) < 4.78 is 37.3. The highest BCUT2D eigenvalue weighted by atomic mass is 19.2. The fraction of sp³-hybridized carbons (Fsp3) is 0.417. The molecule has 0 aliphatic heterocycles. The van der Waals surface area contributed by atoms with Crippen molar-refractivity contribution < 1.29 is 28.2 Å². The fourth-order valence-corrected chi connectivity index (χ4v) is 2.00. The number of ether oxygens (including phenoxy) is 2. The van der Waals surface area contributed by atoms with Crippen LogP contribution in [0.2, 0.25) is 0 Å². The predicted octanol–water partition coefficient (Wildman–Crippen LogP) is 2.56. The smallest absolute Gasteiger partial charge is 0.343 e. The summed E-state index contributed by atoms with van der Waals surface area (Å²) in [5.74, 6) is -4.75. The molecule has 1 N–H and O–H groups in total. The third-order valence-electron chi connectivity index (χ3n) is 2.93. The van der Waals surface area contributed by atoms with Crippen LogP contribution in [-0.2, 0) is 0 Å². The maximum atomic E-state index is 13.9. The van der Waals surface area contributed by atoms with Gasteiger partial charge in [0.15, 0.2) is 11.6 Å². The zero-order valence-corrected chi connectivity index (χ0v) is 9.92. The molecule has 0 spiro atoms. The molecule has 1 aromatic rings. The van der Waals surface area contributed by atoms with Crippen LogP contribution in [0.1, 0.15) is 34.7 Å². The molecule has 1 aliphatic carbocycles. The largest absolute Gasteiger partial charge is 0.495 e. The number of rotatable bonds is 4. The zero-order chi connectivity index (χ0) is 13.4. The molecule has 98 valence electrons. The average molecular weight is 258 g/mol. The number of carboxylic acid groups (broad SMARTS) is 1. The topological polar surface area (TPSA) is 55.8 Å². The first-order valence-corrected chi connectivity index (χ1v) is 5.39. The van der Waals surface area contributed by atoms with E-state index in [9.17, 15) is 13.6 Å². The van der Waals surface area contributed by atoms with E-state index in [1.807, 2.05) is 0 Å². The van der Waals surface area contributed by atoms with E-state index in [1.54, 1.807) is 0 Å². The number of hydrogen-bond acceptors (Lipinski definition) is 3. The van der Waals surface area contributed by atoms with E-state index >= 15 is 0 Å². The number of carbonyl (C=O) groups is 1. The van der Waals surface area contributed by atoms with Crippen molar-refractivity contribution in [3.05, 3.63) is 22.8 Å². The van der Waals surface area contributed by atoms with E-state index < -0.39 is 28.9 Å². The first kappa shape index (κ1) is 12.6. The standard InChI is InChI=1S/C12H12F2O4/c1-17-10-6(5-3-4-5)8(13)9(14)11(18-2)7(10)12(15)16/h5H,3-4H2,1-2H3,(H,15,16). The van der Waals surface area contributed by atoms with Gasteiger partial charge in [0.25, 0.3) is 0 Å². The number of benzene rings is 1. The van der Waals surface area contributed by atoms with Gasteiger partial charge in [0.2, 0.25) is 5.82 Å². The van der Waals surface area contributed by atoms with Gasteiger partial charge in [0.1, 0.15) is 11.3 Å². The van der Waals surface area contributed by atoms with Gasteiger partial charge >= 0.3 is 5.97 Å². The minimum Gasteiger partial charge on any atom is -0.495 e. The van der Waals surface area contributed by atoms with E-state index in [1.165, 1.54) is 7.11 Å². The molecule has 0 aromatic heterocycles. The lowest BCUT2D eigenvalue weighted by molar-refractivity contribution is 0.0688. The van der Waals surface area contributed by atoms with Gasteiger partial charge in [-0.25, -0.2) is 9.18 Å². The summed E-state index contributed by atoms with van der Waals surface area (Å²) in [5, 5.41) is 9.10. The van der Waals surface area contributed by atoms with Crippen LogP contribution in [-0.4, -0.2) is 25.3 Å². The third kappa shape index (κ3) is 1.77. The molecule has 0 bridgehead atoms. The summed E-state index contributed by atoms with van der Waals surface area (Å²) >= 11 is 0. The van der Waals surface area contributed by atoms with Crippen LogP contribution in [0.3, 0.4) is 0 Å². The Balaban J connectivity index is 2.79. The van der Waals surface area contributed by atoms with Crippen molar-refractivity contribution in [1.82, 2.24) is 0 Å². The molecule has 1 aliphatic rings. The molecule has 1 saturated carbocycles. The third-order valence-corrected chi connectivity index (χ3v) is 2.93. The van der Waals surface area contributed by atoms with Gasteiger partial charge in [-0.2, -0.15) is 4.39 Å². The highest BCUT2D eigenvalue weighted by Crippen LogP contribution is 2.49. The Morgan fingerprint density at radius 2 is 1.72 bits per heavy atom. The quantitative estimate of drug-likeness (QED) is 0.901. The van der Waals surface area contributed by atoms with E-state index in [4.69, 9.17) is 9.84 Å². The summed E-state index contributed by atoms with van der Waals surface area (Å²) in [5.41, 5.74) is -0.478. The maximum absolute atomic E-state index is 13.9. The molecular formula is C12H12F2O4. The first-order chi connectivity index (χ1) is 8.52. The Kier molecular flexibility index (Phi) is 3.11. The van der Waals surface area contributed by atoms with Crippen molar-refractivity contribution in [3.8, 4) is 11.5 Å². The number of halogens is 2. The van der Waals surface area contributed by atoms with Gasteiger partial charge in [-0.3, -0.25) is 0 Å². The lowest BCUT2D eigenvalue weighted by atomic mass is 10.0. The molecule has 1 fully saturated rings. The second-order valence-electron chi connectivity index (χ2n) is 4.06. The van der Waals surface area contributed by atoms with Gasteiger partial charge < -0.3 is 14.6 Å². The van der Waals surface area contributed by atoms with Crippen LogP contribution in [0.25, 0.3) is 0 Å². The molecule has 2 rings (SSSR count). The van der Waals surface area contributed by atoms with Gasteiger partial charge in [0, 0.05) is 5.56 Å². The first-order valence-electron chi connectivity index (χ1n) is 5.39. The van der Waals surface area contributed by atoms with Crippen molar-refractivity contribution in [2.75, 3.05) is 14.2 Å². The van der Waals surface area contributed by atoms with Crippen molar-refractivity contribution in [2.24, 2.45) is 0 Å². The van der Waals surface area contributed by atoms with Crippen LogP contribution in [0, 0.1) is 11.6 Å². The van der Waals surface area contributed by atoms with Crippen molar-refractivity contribution >= 4 is 5.97 Å². The van der Waals surface area contributed by atoms with E-state index in [-0.39, 0.29) is 17.2 Å². The van der Waals surface area contributed by atoms with Crippen molar-refractivity contribution in [3.63, 3.8) is 0 Å². The second kappa shape index (κ2) is 4.44. The van der Waals surface area contributed by atoms with E-state index in [0.717, 1.165) is 7.11 Å². The molecule has 0 amide bonds. The van der Waals surface area contributed by atoms with Gasteiger partial charge in [-0.05, 0) is 18.8 Å². The maximum Gasteiger partial charge on any atom is 0.343 e. The normalized spacial score (nSPS) is 14.4.